The van der Waals surface area contributed by atoms with Crippen LogP contribution in [0.5, 0.6) is 0 Å². The third kappa shape index (κ3) is 8.63. The molecule has 12 heteroatoms. The molecule has 4 aromatic rings. The van der Waals surface area contributed by atoms with Crippen molar-refractivity contribution in [2.24, 2.45) is 0 Å². The van der Waals surface area contributed by atoms with Gasteiger partial charge in [0.2, 0.25) is 5.89 Å². The first-order valence-electron chi connectivity index (χ1n) is 15.6. The van der Waals surface area contributed by atoms with Crippen LogP contribution in [0.3, 0.4) is 0 Å². The van der Waals surface area contributed by atoms with Crippen LogP contribution in [0.2, 0.25) is 0 Å². The summed E-state index contributed by atoms with van der Waals surface area (Å²) < 4.78 is 11.1. The highest BCUT2D eigenvalue weighted by Crippen LogP contribution is 2.27. The van der Waals surface area contributed by atoms with Crippen LogP contribution in [0.1, 0.15) is 70.6 Å². The van der Waals surface area contributed by atoms with Gasteiger partial charge in [0.1, 0.15) is 16.9 Å². The summed E-state index contributed by atoms with van der Waals surface area (Å²) in [6.07, 6.45) is 2.89. The lowest BCUT2D eigenvalue weighted by molar-refractivity contribution is -0.00161. The second kappa shape index (κ2) is 14.5. The number of carbonyl (C=O) groups is 3. The zero-order valence-corrected chi connectivity index (χ0v) is 28.1. The van der Waals surface area contributed by atoms with Crippen molar-refractivity contribution in [2.45, 2.75) is 77.3 Å². The molecule has 1 aliphatic heterocycles. The third-order valence-electron chi connectivity index (χ3n) is 7.86. The lowest BCUT2D eigenvalue weighted by Gasteiger charge is -2.35. The number of carbonyl (C=O) groups excluding carboxylic acids is 3. The number of benzene rings is 2. The fraction of sp³-hybridized carbons (Fsp3) is 0.400. The summed E-state index contributed by atoms with van der Waals surface area (Å²) in [7, 11) is 1.68. The van der Waals surface area contributed by atoms with Crippen LogP contribution in [0.25, 0.3) is 11.5 Å². The van der Waals surface area contributed by atoms with Gasteiger partial charge in [-0.25, -0.2) is 14.8 Å². The molecule has 2 aromatic heterocycles. The Morgan fingerprint density at radius 3 is 2.57 bits per heavy atom. The number of aliphatic hydroxyl groups is 1. The summed E-state index contributed by atoms with van der Waals surface area (Å²) >= 11 is 1.47. The van der Waals surface area contributed by atoms with Crippen molar-refractivity contribution in [2.75, 3.05) is 13.6 Å². The van der Waals surface area contributed by atoms with Crippen LogP contribution in [-0.2, 0) is 17.7 Å². The molecule has 3 atom stereocenters. The predicted molar refractivity (Wildman–Crippen MR) is 178 cm³/mol. The van der Waals surface area contributed by atoms with Gasteiger partial charge < -0.3 is 29.4 Å². The Morgan fingerprint density at radius 1 is 1.17 bits per heavy atom. The summed E-state index contributed by atoms with van der Waals surface area (Å²) in [5.74, 6) is -0.542. The number of aromatic nitrogens is 2. The molecule has 2 N–H and O–H groups in total. The largest absolute Gasteiger partial charge is 0.445 e. The Bertz CT molecular complexity index is 1680. The van der Waals surface area contributed by atoms with Crippen LogP contribution in [0.4, 0.5) is 4.79 Å². The van der Waals surface area contributed by atoms with E-state index < -0.39 is 35.8 Å². The van der Waals surface area contributed by atoms with E-state index in [1.807, 2.05) is 42.6 Å². The molecule has 1 aliphatic rings. The Morgan fingerprint density at radius 2 is 1.91 bits per heavy atom. The molecule has 47 heavy (non-hydrogen) atoms. The molecule has 1 fully saturated rings. The van der Waals surface area contributed by atoms with E-state index in [-0.39, 0.29) is 22.9 Å². The Kier molecular flexibility index (Phi) is 10.4. The highest BCUT2D eigenvalue weighted by molar-refractivity contribution is 7.09. The second-order valence-electron chi connectivity index (χ2n) is 12.8. The number of hydrogen-bond donors (Lipinski definition) is 2. The summed E-state index contributed by atoms with van der Waals surface area (Å²) in [5.41, 5.74) is 2.02. The molecule has 5 rings (SSSR count). The van der Waals surface area contributed by atoms with Gasteiger partial charge in [0, 0.05) is 41.4 Å². The lowest BCUT2D eigenvalue weighted by Crippen LogP contribution is -2.54. The maximum atomic E-state index is 14.0. The molecule has 0 radical (unpaired) electrons. The van der Waals surface area contributed by atoms with Gasteiger partial charge >= 0.3 is 6.09 Å². The maximum Gasteiger partial charge on any atom is 0.410 e. The first kappa shape index (κ1) is 33.8. The van der Waals surface area contributed by atoms with E-state index in [2.05, 4.69) is 15.3 Å². The minimum atomic E-state index is -1.10. The number of rotatable bonds is 10. The normalized spacial score (nSPS) is 16.0. The zero-order valence-electron chi connectivity index (χ0n) is 27.3. The monoisotopic (exact) mass is 659 g/mol. The van der Waals surface area contributed by atoms with E-state index in [1.165, 1.54) is 29.9 Å². The van der Waals surface area contributed by atoms with Crippen molar-refractivity contribution in [1.29, 1.82) is 0 Å². The van der Waals surface area contributed by atoms with E-state index in [0.717, 1.165) is 16.3 Å². The number of likely N-dealkylation sites (tertiary alicyclic amines) is 1. The lowest BCUT2D eigenvalue weighted by atomic mass is 9.94. The van der Waals surface area contributed by atoms with E-state index >= 15 is 0 Å². The average molecular weight is 660 g/mol. The number of oxazole rings is 1. The van der Waals surface area contributed by atoms with Crippen LogP contribution < -0.4 is 5.32 Å². The molecule has 0 bridgehead atoms. The highest BCUT2D eigenvalue weighted by Gasteiger charge is 2.40. The van der Waals surface area contributed by atoms with Crippen LogP contribution in [-0.4, -0.2) is 80.2 Å². The van der Waals surface area contributed by atoms with Gasteiger partial charge in [-0.3, -0.25) is 9.59 Å². The predicted octanol–water partition coefficient (Wildman–Crippen LogP) is 5.48. The maximum absolute atomic E-state index is 14.0. The second-order valence-corrected chi connectivity index (χ2v) is 13.8. The Labute approximate surface area is 278 Å². The third-order valence-corrected chi connectivity index (χ3v) is 8.81. The average Bonchev–Trinajstić information content (AvgIpc) is 3.82. The van der Waals surface area contributed by atoms with Gasteiger partial charge in [0.15, 0.2) is 0 Å². The van der Waals surface area contributed by atoms with Gasteiger partial charge in [-0.05, 0) is 70.7 Å². The van der Waals surface area contributed by atoms with Crippen LogP contribution in [0, 0.1) is 6.92 Å². The van der Waals surface area contributed by atoms with Crippen molar-refractivity contribution in [3.63, 3.8) is 0 Å². The van der Waals surface area contributed by atoms with Crippen LogP contribution in [0.15, 0.2) is 70.8 Å². The van der Waals surface area contributed by atoms with Crippen molar-refractivity contribution in [3.8, 4) is 11.5 Å². The van der Waals surface area contributed by atoms with Crippen molar-refractivity contribution >= 4 is 29.2 Å². The minimum absolute atomic E-state index is 0.197. The zero-order chi connectivity index (χ0) is 33.7. The van der Waals surface area contributed by atoms with Gasteiger partial charge in [-0.2, -0.15) is 0 Å². The molecule has 248 valence electrons. The van der Waals surface area contributed by atoms with Gasteiger partial charge in [-0.1, -0.05) is 30.3 Å². The SMILES string of the molecule is Cc1csc(CN(C)C(=O)c2cc(C(=O)NC(Cc3ccccc3)[C@H](O)[C@@H]3CCCN3C(=O)OC(C)(C)C)cc(-c3ncco3)c2)n1. The summed E-state index contributed by atoms with van der Waals surface area (Å²) in [4.78, 5) is 52.5. The number of nitrogens with one attached hydrogen (secondary N) is 1. The number of aryl methyl sites for hydroxylation is 1. The smallest absolute Gasteiger partial charge is 0.410 e. The summed E-state index contributed by atoms with van der Waals surface area (Å²) in [6.45, 7) is 8.05. The number of hydrogen-bond acceptors (Lipinski definition) is 9. The Balaban J connectivity index is 1.43. The molecule has 0 spiro atoms. The highest BCUT2D eigenvalue weighted by atomic mass is 32.1. The fourth-order valence-corrected chi connectivity index (χ4v) is 6.51. The number of nitrogens with zero attached hydrogens (tertiary/aromatic N) is 4. The van der Waals surface area contributed by atoms with Crippen molar-refractivity contribution in [1.82, 2.24) is 25.1 Å². The molecule has 2 aromatic carbocycles. The molecule has 3 amide bonds. The number of ether oxygens (including phenoxy) is 1. The number of thiazole rings is 1. The molecular formula is C35H41N5O6S. The standard InChI is InChI=1S/C35H41N5O6S/c1-22-21-47-29(37-22)20-39(5)33(43)26-18-24(17-25(19-26)32-36-13-15-45-32)31(42)38-27(16-23-10-7-6-8-11-23)30(41)28-12-9-14-40(28)34(44)46-35(2,3)4/h6-8,10-11,13,15,17-19,21,27-28,30,41H,9,12,14,16,20H2,1-5H3,(H,38,42)/t27?,28-,30-/m0/s1. The molecule has 3 heterocycles. The fourth-order valence-electron chi connectivity index (χ4n) is 5.68. The summed E-state index contributed by atoms with van der Waals surface area (Å²) in [5, 5.41) is 17.5. The molecule has 0 saturated carbocycles. The number of amides is 3. The van der Waals surface area contributed by atoms with Crippen molar-refractivity contribution < 1.29 is 28.6 Å². The molecule has 0 aliphatic carbocycles. The van der Waals surface area contributed by atoms with Crippen molar-refractivity contribution in [3.05, 3.63) is 93.8 Å². The van der Waals surface area contributed by atoms with E-state index in [0.29, 0.717) is 37.9 Å². The molecule has 1 saturated heterocycles. The topological polar surface area (TPSA) is 138 Å². The first-order valence-corrected chi connectivity index (χ1v) is 16.5. The van der Waals surface area contributed by atoms with Gasteiger partial charge in [-0.15, -0.1) is 11.3 Å². The molecule has 11 nitrogen and oxygen atoms in total. The molecular weight excluding hydrogens is 618 g/mol. The first-order chi connectivity index (χ1) is 22.4. The van der Waals surface area contributed by atoms with E-state index in [9.17, 15) is 19.5 Å². The van der Waals surface area contributed by atoms with Gasteiger partial charge in [0.05, 0.1) is 30.9 Å². The summed E-state index contributed by atoms with van der Waals surface area (Å²) in [6, 6.07) is 13.0. The van der Waals surface area contributed by atoms with E-state index in [4.69, 9.17) is 9.15 Å². The van der Waals surface area contributed by atoms with E-state index in [1.54, 1.807) is 49.8 Å². The quantitative estimate of drug-likeness (QED) is 0.228. The van der Waals surface area contributed by atoms with Gasteiger partial charge in [0.25, 0.3) is 11.8 Å². The minimum Gasteiger partial charge on any atom is -0.445 e. The Hall–Kier alpha value is -4.55. The van der Waals surface area contributed by atoms with Crippen LogP contribution >= 0.6 is 11.3 Å². The number of aliphatic hydroxyl groups excluding tert-OH is 1. The molecule has 1 unspecified atom stereocenters.